The van der Waals surface area contributed by atoms with E-state index in [9.17, 15) is 14.4 Å². The molecular formula is C26H19Cl2IN2O5. The lowest BCUT2D eigenvalue weighted by Gasteiger charge is -2.26. The van der Waals surface area contributed by atoms with E-state index in [0.717, 1.165) is 16.0 Å². The van der Waals surface area contributed by atoms with Gasteiger partial charge >= 0.3 is 6.03 Å². The van der Waals surface area contributed by atoms with E-state index in [2.05, 4.69) is 27.9 Å². The van der Waals surface area contributed by atoms with Crippen LogP contribution in [0.3, 0.4) is 0 Å². The molecule has 0 saturated carbocycles. The number of methoxy groups -OCH3 is 1. The monoisotopic (exact) mass is 636 g/mol. The number of barbiturate groups is 1. The number of benzene rings is 3. The number of halogens is 3. The molecule has 7 nitrogen and oxygen atoms in total. The molecule has 3 aromatic rings. The van der Waals surface area contributed by atoms with Crippen LogP contribution in [0.4, 0.5) is 10.5 Å². The zero-order chi connectivity index (χ0) is 26.0. The zero-order valence-electron chi connectivity index (χ0n) is 19.1. The number of carbonyl (C=O) groups is 3. The summed E-state index contributed by atoms with van der Waals surface area (Å²) in [5, 5.41) is 2.62. The number of rotatable bonds is 6. The summed E-state index contributed by atoms with van der Waals surface area (Å²) in [4.78, 5) is 39.0. The third-order valence-electron chi connectivity index (χ3n) is 5.33. The van der Waals surface area contributed by atoms with Crippen molar-refractivity contribution >= 4 is 75.4 Å². The number of ether oxygens (including phenoxy) is 2. The molecule has 1 saturated heterocycles. The van der Waals surface area contributed by atoms with Gasteiger partial charge in [-0.15, -0.1) is 0 Å². The van der Waals surface area contributed by atoms with Gasteiger partial charge in [0.2, 0.25) is 0 Å². The van der Waals surface area contributed by atoms with Gasteiger partial charge in [-0.05, 0) is 77.0 Å². The summed E-state index contributed by atoms with van der Waals surface area (Å²) in [6, 6.07) is 14.8. The Balaban J connectivity index is 1.64. The fourth-order valence-electron chi connectivity index (χ4n) is 3.49. The SMILES string of the molecule is COc1cc(/C=C2\C(=O)NC(=O)N(c3ccc(Cl)c(Cl)c3)C2=O)cc(I)c1OCc1ccc(C)cc1. The van der Waals surface area contributed by atoms with Gasteiger partial charge in [0.1, 0.15) is 12.2 Å². The molecule has 1 N–H and O–H groups in total. The largest absolute Gasteiger partial charge is 0.493 e. The summed E-state index contributed by atoms with van der Waals surface area (Å²) < 4.78 is 12.2. The van der Waals surface area contributed by atoms with Gasteiger partial charge in [-0.1, -0.05) is 53.0 Å². The number of anilines is 1. The highest BCUT2D eigenvalue weighted by Gasteiger charge is 2.37. The van der Waals surface area contributed by atoms with Crippen molar-refractivity contribution in [3.63, 3.8) is 0 Å². The molecule has 10 heteroatoms. The summed E-state index contributed by atoms with van der Waals surface area (Å²) in [7, 11) is 1.50. The minimum absolute atomic E-state index is 0.165. The highest BCUT2D eigenvalue weighted by Crippen LogP contribution is 2.36. The Morgan fingerprint density at radius 3 is 2.39 bits per heavy atom. The first-order chi connectivity index (χ1) is 17.2. The number of imide groups is 2. The molecule has 4 rings (SSSR count). The van der Waals surface area contributed by atoms with Crippen LogP contribution in [0.2, 0.25) is 10.0 Å². The van der Waals surface area contributed by atoms with Gasteiger partial charge in [-0.3, -0.25) is 14.9 Å². The zero-order valence-corrected chi connectivity index (χ0v) is 22.8. The molecule has 1 aliphatic rings. The van der Waals surface area contributed by atoms with Crippen LogP contribution in [-0.4, -0.2) is 25.0 Å². The maximum atomic E-state index is 13.2. The van der Waals surface area contributed by atoms with Crippen molar-refractivity contribution in [2.24, 2.45) is 0 Å². The van der Waals surface area contributed by atoms with Gasteiger partial charge in [-0.25, -0.2) is 9.69 Å². The lowest BCUT2D eigenvalue weighted by atomic mass is 10.1. The molecule has 1 fully saturated rings. The van der Waals surface area contributed by atoms with E-state index in [1.54, 1.807) is 12.1 Å². The van der Waals surface area contributed by atoms with Crippen LogP contribution in [0, 0.1) is 10.5 Å². The molecular weight excluding hydrogens is 618 g/mol. The summed E-state index contributed by atoms with van der Waals surface area (Å²) in [5.74, 6) is -0.638. The van der Waals surface area contributed by atoms with Gasteiger partial charge in [0, 0.05) is 0 Å². The third kappa shape index (κ3) is 5.50. The number of amides is 4. The van der Waals surface area contributed by atoms with Crippen molar-refractivity contribution < 1.29 is 23.9 Å². The van der Waals surface area contributed by atoms with E-state index < -0.39 is 17.8 Å². The lowest BCUT2D eigenvalue weighted by Crippen LogP contribution is -2.54. The Hall–Kier alpha value is -3.08. The molecule has 0 spiro atoms. The Bertz CT molecular complexity index is 1410. The van der Waals surface area contributed by atoms with Crippen molar-refractivity contribution in [3.05, 3.63) is 90.5 Å². The van der Waals surface area contributed by atoms with Gasteiger partial charge in [0.25, 0.3) is 11.8 Å². The normalized spacial score (nSPS) is 14.8. The molecule has 36 heavy (non-hydrogen) atoms. The van der Waals surface area contributed by atoms with E-state index in [-0.39, 0.29) is 21.3 Å². The van der Waals surface area contributed by atoms with Crippen molar-refractivity contribution in [1.82, 2.24) is 5.32 Å². The van der Waals surface area contributed by atoms with E-state index in [1.807, 2.05) is 31.2 Å². The second-order valence-corrected chi connectivity index (χ2v) is 9.84. The maximum Gasteiger partial charge on any atom is 0.335 e. The second-order valence-electron chi connectivity index (χ2n) is 7.86. The third-order valence-corrected chi connectivity index (χ3v) is 6.87. The van der Waals surface area contributed by atoms with Gasteiger partial charge in [0.15, 0.2) is 11.5 Å². The number of hydrogen-bond acceptors (Lipinski definition) is 5. The molecule has 0 atom stereocenters. The first kappa shape index (κ1) is 26.0. The highest BCUT2D eigenvalue weighted by atomic mass is 127. The molecule has 1 aliphatic heterocycles. The first-order valence-corrected chi connectivity index (χ1v) is 12.4. The number of aryl methyl sites for hydroxylation is 1. The molecule has 0 unspecified atom stereocenters. The van der Waals surface area contributed by atoms with Gasteiger partial charge in [0.05, 0.1) is 26.4 Å². The van der Waals surface area contributed by atoms with Crippen molar-refractivity contribution in [2.75, 3.05) is 12.0 Å². The summed E-state index contributed by atoms with van der Waals surface area (Å²) >= 11 is 14.1. The van der Waals surface area contributed by atoms with Crippen LogP contribution in [0.1, 0.15) is 16.7 Å². The molecule has 0 bridgehead atoms. The van der Waals surface area contributed by atoms with Crippen molar-refractivity contribution in [2.45, 2.75) is 13.5 Å². The topological polar surface area (TPSA) is 84.9 Å². The van der Waals surface area contributed by atoms with Crippen molar-refractivity contribution in [3.8, 4) is 11.5 Å². The van der Waals surface area contributed by atoms with Gasteiger partial charge in [-0.2, -0.15) is 0 Å². The minimum Gasteiger partial charge on any atom is -0.493 e. The molecule has 3 aromatic carbocycles. The van der Waals surface area contributed by atoms with Crippen LogP contribution in [0.25, 0.3) is 6.08 Å². The maximum absolute atomic E-state index is 13.2. The molecule has 184 valence electrons. The Kier molecular flexibility index (Phi) is 7.87. The summed E-state index contributed by atoms with van der Waals surface area (Å²) in [6.45, 7) is 2.36. The highest BCUT2D eigenvalue weighted by molar-refractivity contribution is 14.1. The quantitative estimate of drug-likeness (QED) is 0.199. The number of nitrogens with one attached hydrogen (secondary N) is 1. The molecule has 0 radical (unpaired) electrons. The molecule has 1 heterocycles. The summed E-state index contributed by atoms with van der Waals surface area (Å²) in [5.41, 5.74) is 2.62. The molecule has 0 aromatic heterocycles. The fraction of sp³-hybridized carbons (Fsp3) is 0.115. The molecule has 0 aliphatic carbocycles. The Labute approximate surface area is 231 Å². The van der Waals surface area contributed by atoms with Gasteiger partial charge < -0.3 is 9.47 Å². The second kappa shape index (κ2) is 10.9. The predicted octanol–water partition coefficient (Wildman–Crippen LogP) is 6.16. The average molecular weight is 637 g/mol. The average Bonchev–Trinajstić information content (AvgIpc) is 2.84. The van der Waals surface area contributed by atoms with Crippen LogP contribution in [0.5, 0.6) is 11.5 Å². The number of hydrogen-bond donors (Lipinski definition) is 1. The Morgan fingerprint density at radius 2 is 1.72 bits per heavy atom. The smallest absolute Gasteiger partial charge is 0.335 e. The van der Waals surface area contributed by atoms with Crippen LogP contribution < -0.4 is 19.7 Å². The minimum atomic E-state index is -0.882. The fourth-order valence-corrected chi connectivity index (χ4v) is 4.56. The van der Waals surface area contributed by atoms with E-state index >= 15 is 0 Å². The number of carbonyl (C=O) groups excluding carboxylic acids is 3. The van der Waals surface area contributed by atoms with E-state index in [1.165, 1.54) is 31.4 Å². The first-order valence-electron chi connectivity index (χ1n) is 10.6. The van der Waals surface area contributed by atoms with Crippen molar-refractivity contribution in [1.29, 1.82) is 0 Å². The number of urea groups is 1. The lowest BCUT2D eigenvalue weighted by molar-refractivity contribution is -0.122. The molecule has 4 amide bonds. The Morgan fingerprint density at radius 1 is 1.00 bits per heavy atom. The van der Waals surface area contributed by atoms with Crippen LogP contribution >= 0.6 is 45.8 Å². The number of nitrogens with zero attached hydrogens (tertiary/aromatic N) is 1. The summed E-state index contributed by atoms with van der Waals surface area (Å²) in [6.07, 6.45) is 1.39. The van der Waals surface area contributed by atoms with E-state index in [0.29, 0.717) is 27.2 Å². The predicted molar refractivity (Wildman–Crippen MR) is 147 cm³/mol. The standard InChI is InChI=1S/C26H19Cl2IN2O5/c1-14-3-5-15(6-4-14)13-36-23-21(29)10-16(11-22(23)35-2)9-18-24(32)30-26(34)31(25(18)33)17-7-8-19(27)20(28)12-17/h3-12H,13H2,1-2H3,(H,30,32,34)/b18-9+. The van der Waals surface area contributed by atoms with Crippen LogP contribution in [-0.2, 0) is 16.2 Å². The van der Waals surface area contributed by atoms with E-state index in [4.69, 9.17) is 32.7 Å². The van der Waals surface area contributed by atoms with Crippen LogP contribution in [0.15, 0.2) is 60.2 Å².